The van der Waals surface area contributed by atoms with Gasteiger partial charge in [-0.3, -0.25) is 9.78 Å². The molecule has 0 atom stereocenters. The van der Waals surface area contributed by atoms with Crippen LogP contribution in [0.3, 0.4) is 0 Å². The van der Waals surface area contributed by atoms with Crippen molar-refractivity contribution < 1.29 is 18.3 Å². The van der Waals surface area contributed by atoms with E-state index in [4.69, 9.17) is 4.74 Å². The zero-order valence-electron chi connectivity index (χ0n) is 13.5. The quantitative estimate of drug-likeness (QED) is 0.734. The number of aryl methyl sites for hydroxylation is 1. The normalized spacial score (nSPS) is 10.5. The van der Waals surface area contributed by atoms with Gasteiger partial charge in [0.05, 0.1) is 6.61 Å². The van der Waals surface area contributed by atoms with E-state index < -0.39 is 11.6 Å². The molecule has 0 fully saturated rings. The van der Waals surface area contributed by atoms with Crippen molar-refractivity contribution in [3.05, 3.63) is 53.9 Å². The Labute approximate surface area is 139 Å². The van der Waals surface area contributed by atoms with Crippen LogP contribution in [0.25, 0.3) is 0 Å². The monoisotopic (exact) mass is 334 g/mol. The van der Waals surface area contributed by atoms with Crippen molar-refractivity contribution in [2.45, 2.75) is 32.6 Å². The maximum absolute atomic E-state index is 13.3. The second-order valence-corrected chi connectivity index (χ2v) is 5.44. The van der Waals surface area contributed by atoms with Gasteiger partial charge in [-0.2, -0.15) is 0 Å². The molecule has 128 valence electrons. The third-order valence-electron chi connectivity index (χ3n) is 3.39. The summed E-state index contributed by atoms with van der Waals surface area (Å²) in [6.45, 7) is 2.07. The third-order valence-corrected chi connectivity index (χ3v) is 3.39. The first-order chi connectivity index (χ1) is 11.6. The average Bonchev–Trinajstić information content (AvgIpc) is 2.53. The molecular formula is C18H20F2N2O2. The first-order valence-corrected chi connectivity index (χ1v) is 7.85. The summed E-state index contributed by atoms with van der Waals surface area (Å²) in [5, 5.41) is 2.81. The van der Waals surface area contributed by atoms with Crippen LogP contribution >= 0.6 is 0 Å². The SMILES string of the molecule is Cc1cc(NC(=O)CCCCCOc2c(F)cccc2F)ccn1. The largest absolute Gasteiger partial charge is 0.488 e. The van der Waals surface area contributed by atoms with Crippen LogP contribution in [0.2, 0.25) is 0 Å². The van der Waals surface area contributed by atoms with Crippen LogP contribution in [-0.4, -0.2) is 17.5 Å². The van der Waals surface area contributed by atoms with Crippen molar-refractivity contribution in [1.29, 1.82) is 0 Å². The summed E-state index contributed by atoms with van der Waals surface area (Å²) < 4.78 is 31.8. The number of anilines is 1. The molecule has 0 aliphatic heterocycles. The molecule has 0 saturated carbocycles. The van der Waals surface area contributed by atoms with Crippen LogP contribution in [0.1, 0.15) is 31.4 Å². The lowest BCUT2D eigenvalue weighted by Crippen LogP contribution is -2.11. The highest BCUT2D eigenvalue weighted by Gasteiger charge is 2.09. The number of carbonyl (C=O) groups excluding carboxylic acids is 1. The van der Waals surface area contributed by atoms with Crippen LogP contribution in [-0.2, 0) is 4.79 Å². The molecular weight excluding hydrogens is 314 g/mol. The van der Waals surface area contributed by atoms with Gasteiger partial charge < -0.3 is 10.1 Å². The Morgan fingerprint density at radius 1 is 1.17 bits per heavy atom. The fourth-order valence-corrected chi connectivity index (χ4v) is 2.21. The molecule has 1 aromatic carbocycles. The Balaban J connectivity index is 1.62. The topological polar surface area (TPSA) is 51.2 Å². The zero-order valence-corrected chi connectivity index (χ0v) is 13.5. The van der Waals surface area contributed by atoms with E-state index in [0.717, 1.165) is 29.9 Å². The number of hydrogen-bond donors (Lipinski definition) is 1. The van der Waals surface area contributed by atoms with Crippen molar-refractivity contribution >= 4 is 11.6 Å². The van der Waals surface area contributed by atoms with Gasteiger partial charge in [0.15, 0.2) is 17.4 Å². The first kappa shape index (κ1) is 17.8. The van der Waals surface area contributed by atoms with Gasteiger partial charge in [-0.15, -0.1) is 0 Å². The Morgan fingerprint density at radius 3 is 2.62 bits per heavy atom. The minimum atomic E-state index is -0.706. The van der Waals surface area contributed by atoms with Crippen molar-refractivity contribution in [3.63, 3.8) is 0 Å². The van der Waals surface area contributed by atoms with Gasteiger partial charge in [0.2, 0.25) is 5.91 Å². The van der Waals surface area contributed by atoms with E-state index in [1.807, 2.05) is 6.92 Å². The summed E-state index contributed by atoms with van der Waals surface area (Å²) in [5.74, 6) is -1.82. The Hall–Kier alpha value is -2.50. The van der Waals surface area contributed by atoms with E-state index >= 15 is 0 Å². The first-order valence-electron chi connectivity index (χ1n) is 7.85. The lowest BCUT2D eigenvalue weighted by molar-refractivity contribution is -0.116. The van der Waals surface area contributed by atoms with Crippen molar-refractivity contribution in [1.82, 2.24) is 4.98 Å². The number of nitrogens with zero attached hydrogens (tertiary/aromatic N) is 1. The molecule has 1 N–H and O–H groups in total. The molecule has 0 spiro atoms. The predicted octanol–water partition coefficient (Wildman–Crippen LogP) is 4.25. The Kier molecular flexibility index (Phi) is 6.66. The summed E-state index contributed by atoms with van der Waals surface area (Å²) in [6.07, 6.45) is 4.06. The average molecular weight is 334 g/mol. The van der Waals surface area contributed by atoms with E-state index in [1.165, 1.54) is 6.07 Å². The number of aromatic nitrogens is 1. The van der Waals surface area contributed by atoms with Crippen LogP contribution in [0.15, 0.2) is 36.5 Å². The molecule has 0 radical (unpaired) electrons. The van der Waals surface area contributed by atoms with E-state index in [-0.39, 0.29) is 18.3 Å². The summed E-state index contributed by atoms with van der Waals surface area (Å²) in [5.41, 5.74) is 1.57. The fraction of sp³-hybridized carbons (Fsp3) is 0.333. The molecule has 1 aromatic heterocycles. The van der Waals surface area contributed by atoms with Gasteiger partial charge in [0.25, 0.3) is 0 Å². The van der Waals surface area contributed by atoms with Gasteiger partial charge in [0.1, 0.15) is 0 Å². The molecule has 0 unspecified atom stereocenters. The number of unbranched alkanes of at least 4 members (excludes halogenated alkanes) is 2. The van der Waals surface area contributed by atoms with Gasteiger partial charge >= 0.3 is 0 Å². The number of benzene rings is 1. The van der Waals surface area contributed by atoms with Gasteiger partial charge in [-0.1, -0.05) is 6.07 Å². The number of halogens is 2. The smallest absolute Gasteiger partial charge is 0.224 e. The number of pyridine rings is 1. The zero-order chi connectivity index (χ0) is 17.4. The van der Waals surface area contributed by atoms with Crippen LogP contribution in [0, 0.1) is 18.6 Å². The van der Waals surface area contributed by atoms with E-state index in [0.29, 0.717) is 19.3 Å². The lowest BCUT2D eigenvalue weighted by atomic mass is 10.2. The summed E-state index contributed by atoms with van der Waals surface area (Å²) in [4.78, 5) is 15.9. The standard InChI is InChI=1S/C18H20F2N2O2/c1-13-12-14(9-10-21-13)22-17(23)8-3-2-4-11-24-18-15(19)6-5-7-16(18)20/h5-7,9-10,12H,2-4,8,11H2,1H3,(H,21,22,23). The van der Waals surface area contributed by atoms with Crippen molar-refractivity contribution in [3.8, 4) is 5.75 Å². The molecule has 1 heterocycles. The predicted molar refractivity (Wildman–Crippen MR) is 87.9 cm³/mol. The van der Waals surface area contributed by atoms with Crippen LogP contribution in [0.5, 0.6) is 5.75 Å². The van der Waals surface area contributed by atoms with Crippen LogP contribution in [0.4, 0.5) is 14.5 Å². The van der Waals surface area contributed by atoms with Crippen LogP contribution < -0.4 is 10.1 Å². The highest BCUT2D eigenvalue weighted by atomic mass is 19.1. The van der Waals surface area contributed by atoms with Crippen molar-refractivity contribution in [2.75, 3.05) is 11.9 Å². The molecule has 2 rings (SSSR count). The number of rotatable bonds is 8. The second-order valence-electron chi connectivity index (χ2n) is 5.44. The highest BCUT2D eigenvalue weighted by molar-refractivity contribution is 5.90. The molecule has 4 nitrogen and oxygen atoms in total. The molecule has 0 aliphatic rings. The fourth-order valence-electron chi connectivity index (χ4n) is 2.21. The minimum absolute atomic E-state index is 0.0679. The lowest BCUT2D eigenvalue weighted by Gasteiger charge is -2.08. The number of hydrogen-bond acceptors (Lipinski definition) is 3. The second kappa shape index (κ2) is 8.96. The Bertz CT molecular complexity index is 672. The third kappa shape index (κ3) is 5.61. The summed E-state index contributed by atoms with van der Waals surface area (Å²) in [6, 6.07) is 7.14. The van der Waals surface area contributed by atoms with Gasteiger partial charge in [-0.05, 0) is 50.5 Å². The number of amides is 1. The minimum Gasteiger partial charge on any atom is -0.488 e. The molecule has 0 bridgehead atoms. The number of para-hydroxylation sites is 1. The molecule has 1 amide bonds. The van der Waals surface area contributed by atoms with Gasteiger partial charge in [0, 0.05) is 24.0 Å². The number of carbonyl (C=O) groups is 1. The maximum Gasteiger partial charge on any atom is 0.224 e. The summed E-state index contributed by atoms with van der Waals surface area (Å²) >= 11 is 0. The molecule has 2 aromatic rings. The van der Waals surface area contributed by atoms with E-state index in [9.17, 15) is 13.6 Å². The van der Waals surface area contributed by atoms with E-state index in [2.05, 4.69) is 10.3 Å². The maximum atomic E-state index is 13.3. The molecule has 6 heteroatoms. The van der Waals surface area contributed by atoms with E-state index in [1.54, 1.807) is 18.3 Å². The summed E-state index contributed by atoms with van der Waals surface area (Å²) in [7, 11) is 0. The Morgan fingerprint density at radius 2 is 1.92 bits per heavy atom. The molecule has 24 heavy (non-hydrogen) atoms. The number of ether oxygens (including phenoxy) is 1. The number of nitrogens with one attached hydrogen (secondary N) is 1. The highest BCUT2D eigenvalue weighted by Crippen LogP contribution is 2.21. The van der Waals surface area contributed by atoms with Gasteiger partial charge in [-0.25, -0.2) is 8.78 Å². The molecule has 0 aliphatic carbocycles. The van der Waals surface area contributed by atoms with Crippen molar-refractivity contribution in [2.24, 2.45) is 0 Å². The molecule has 0 saturated heterocycles.